The molecule has 1 aromatic carbocycles. The first-order valence-electron chi connectivity index (χ1n) is 6.74. The smallest absolute Gasteiger partial charge is 0.243 e. The molecule has 1 N–H and O–H groups in total. The van der Waals surface area contributed by atoms with Crippen molar-refractivity contribution in [1.29, 1.82) is 0 Å². The number of hydrogen-bond donors (Lipinski definition) is 1. The Morgan fingerprint density at radius 3 is 2.20 bits per heavy atom. The van der Waals surface area contributed by atoms with Crippen LogP contribution in [0.2, 0.25) is 0 Å². The molecule has 1 aromatic rings. The van der Waals surface area contributed by atoms with E-state index in [-0.39, 0.29) is 5.54 Å². The maximum atomic E-state index is 12.6. The van der Waals surface area contributed by atoms with Gasteiger partial charge in [0.2, 0.25) is 10.0 Å². The van der Waals surface area contributed by atoms with Gasteiger partial charge in [-0.05, 0) is 51.1 Å². The molecular formula is C14H22N2O3S. The van der Waals surface area contributed by atoms with Gasteiger partial charge in [-0.2, -0.15) is 4.31 Å². The van der Waals surface area contributed by atoms with Gasteiger partial charge in [-0.1, -0.05) is 0 Å². The fourth-order valence-corrected chi connectivity index (χ4v) is 3.81. The summed E-state index contributed by atoms with van der Waals surface area (Å²) in [5.74, 6) is 0.658. The van der Waals surface area contributed by atoms with Crippen molar-refractivity contribution in [2.24, 2.45) is 0 Å². The van der Waals surface area contributed by atoms with E-state index < -0.39 is 10.0 Å². The third-order valence-electron chi connectivity index (χ3n) is 4.13. The predicted octanol–water partition coefficient (Wildman–Crippen LogP) is 1.46. The van der Waals surface area contributed by atoms with Gasteiger partial charge in [0.05, 0.1) is 12.0 Å². The number of sulfonamides is 1. The van der Waals surface area contributed by atoms with Crippen molar-refractivity contribution >= 4 is 10.0 Å². The number of benzene rings is 1. The third kappa shape index (κ3) is 2.97. The molecule has 112 valence electrons. The minimum atomic E-state index is -3.40. The van der Waals surface area contributed by atoms with Gasteiger partial charge in [0, 0.05) is 18.6 Å². The molecule has 1 aliphatic rings. The Hall–Kier alpha value is -1.11. The summed E-state index contributed by atoms with van der Waals surface area (Å²) >= 11 is 0. The summed E-state index contributed by atoms with van der Waals surface area (Å²) in [6, 6.07) is 6.54. The average molecular weight is 298 g/mol. The van der Waals surface area contributed by atoms with E-state index >= 15 is 0 Å². The third-order valence-corrected chi connectivity index (χ3v) is 6.04. The molecule has 0 aliphatic carbocycles. The second-order valence-corrected chi connectivity index (χ2v) is 7.33. The summed E-state index contributed by atoms with van der Waals surface area (Å²) < 4.78 is 31.7. The van der Waals surface area contributed by atoms with E-state index in [9.17, 15) is 8.42 Å². The number of hydrogen-bond acceptors (Lipinski definition) is 4. The van der Waals surface area contributed by atoms with Crippen molar-refractivity contribution in [3.8, 4) is 5.75 Å². The first-order chi connectivity index (χ1) is 9.41. The SMILES string of the molecule is CNC1(C)CCN(S(=O)(=O)c2ccc(OC)cc2)CC1. The fraction of sp³-hybridized carbons (Fsp3) is 0.571. The summed E-state index contributed by atoms with van der Waals surface area (Å²) in [7, 11) is 0.0910. The molecule has 0 atom stereocenters. The predicted molar refractivity (Wildman–Crippen MR) is 78.5 cm³/mol. The summed E-state index contributed by atoms with van der Waals surface area (Å²) in [5, 5.41) is 3.27. The molecule has 1 heterocycles. The fourth-order valence-electron chi connectivity index (χ4n) is 2.37. The zero-order valence-corrected chi connectivity index (χ0v) is 13.0. The molecule has 0 bridgehead atoms. The van der Waals surface area contributed by atoms with Crippen molar-refractivity contribution in [3.05, 3.63) is 24.3 Å². The van der Waals surface area contributed by atoms with Gasteiger partial charge in [0.1, 0.15) is 5.75 Å². The van der Waals surface area contributed by atoms with Crippen LogP contribution in [-0.2, 0) is 10.0 Å². The monoisotopic (exact) mass is 298 g/mol. The van der Waals surface area contributed by atoms with Crippen LogP contribution in [0.1, 0.15) is 19.8 Å². The molecule has 1 fully saturated rings. The lowest BCUT2D eigenvalue weighted by molar-refractivity contribution is 0.219. The second kappa shape index (κ2) is 5.71. The van der Waals surface area contributed by atoms with Crippen LogP contribution >= 0.6 is 0 Å². The Morgan fingerprint density at radius 2 is 1.75 bits per heavy atom. The molecule has 2 rings (SSSR count). The lowest BCUT2D eigenvalue weighted by atomic mass is 9.91. The normalized spacial score (nSPS) is 19.8. The van der Waals surface area contributed by atoms with Crippen LogP contribution in [-0.4, -0.2) is 45.5 Å². The molecule has 1 saturated heterocycles. The van der Waals surface area contributed by atoms with E-state index in [0.717, 1.165) is 12.8 Å². The molecular weight excluding hydrogens is 276 g/mol. The molecule has 0 unspecified atom stereocenters. The van der Waals surface area contributed by atoms with Gasteiger partial charge in [0.15, 0.2) is 0 Å². The van der Waals surface area contributed by atoms with E-state index in [1.807, 2.05) is 7.05 Å². The van der Waals surface area contributed by atoms with Gasteiger partial charge in [-0.25, -0.2) is 8.42 Å². The van der Waals surface area contributed by atoms with Crippen LogP contribution in [0.3, 0.4) is 0 Å². The highest BCUT2D eigenvalue weighted by Crippen LogP contribution is 2.26. The molecule has 6 heteroatoms. The van der Waals surface area contributed by atoms with Crippen LogP contribution in [0.4, 0.5) is 0 Å². The Kier molecular flexibility index (Phi) is 4.36. The molecule has 20 heavy (non-hydrogen) atoms. The number of nitrogens with one attached hydrogen (secondary N) is 1. The molecule has 0 aromatic heterocycles. The average Bonchev–Trinajstić information content (AvgIpc) is 2.48. The van der Waals surface area contributed by atoms with Gasteiger partial charge < -0.3 is 10.1 Å². The summed E-state index contributed by atoms with van der Waals surface area (Å²) in [6.07, 6.45) is 1.64. The quantitative estimate of drug-likeness (QED) is 0.914. The first kappa shape index (κ1) is 15.3. The lowest BCUT2D eigenvalue weighted by Gasteiger charge is -2.38. The Morgan fingerprint density at radius 1 is 1.20 bits per heavy atom. The second-order valence-electron chi connectivity index (χ2n) is 5.39. The minimum Gasteiger partial charge on any atom is -0.497 e. The largest absolute Gasteiger partial charge is 0.497 e. The zero-order chi connectivity index (χ0) is 14.8. The van der Waals surface area contributed by atoms with Crippen molar-refractivity contribution in [3.63, 3.8) is 0 Å². The number of rotatable bonds is 4. The highest BCUT2D eigenvalue weighted by atomic mass is 32.2. The van der Waals surface area contributed by atoms with Crippen LogP contribution in [0.5, 0.6) is 5.75 Å². The van der Waals surface area contributed by atoms with Crippen LogP contribution in [0, 0.1) is 0 Å². The Balaban J connectivity index is 2.15. The molecule has 0 saturated carbocycles. The van der Waals surface area contributed by atoms with E-state index in [2.05, 4.69) is 12.2 Å². The number of methoxy groups -OCH3 is 1. The van der Waals surface area contributed by atoms with Crippen molar-refractivity contribution < 1.29 is 13.2 Å². The molecule has 0 spiro atoms. The standard InChI is InChI=1S/C14H22N2O3S/c1-14(15-2)8-10-16(11-9-14)20(17,18)13-6-4-12(19-3)5-7-13/h4-7,15H,8-11H2,1-3H3. The highest BCUT2D eigenvalue weighted by Gasteiger charge is 2.34. The number of ether oxygens (including phenoxy) is 1. The summed E-state index contributed by atoms with van der Waals surface area (Å²) in [6.45, 7) is 3.22. The van der Waals surface area contributed by atoms with Gasteiger partial charge in [0.25, 0.3) is 0 Å². The van der Waals surface area contributed by atoms with Crippen molar-refractivity contribution in [1.82, 2.24) is 9.62 Å². The first-order valence-corrected chi connectivity index (χ1v) is 8.18. The van der Waals surface area contributed by atoms with E-state index in [1.165, 1.54) is 0 Å². The van der Waals surface area contributed by atoms with Gasteiger partial charge in [-0.3, -0.25) is 0 Å². The molecule has 0 amide bonds. The van der Waals surface area contributed by atoms with Crippen LogP contribution in [0.15, 0.2) is 29.2 Å². The van der Waals surface area contributed by atoms with Crippen LogP contribution in [0.25, 0.3) is 0 Å². The maximum Gasteiger partial charge on any atom is 0.243 e. The summed E-state index contributed by atoms with van der Waals surface area (Å²) in [5.41, 5.74) is 0.0337. The zero-order valence-electron chi connectivity index (χ0n) is 12.2. The highest BCUT2D eigenvalue weighted by molar-refractivity contribution is 7.89. The van der Waals surface area contributed by atoms with E-state index in [1.54, 1.807) is 35.7 Å². The Bertz CT molecular complexity index is 546. The Labute approximate surface area is 121 Å². The van der Waals surface area contributed by atoms with E-state index in [0.29, 0.717) is 23.7 Å². The van der Waals surface area contributed by atoms with Crippen molar-refractivity contribution in [2.45, 2.75) is 30.2 Å². The number of nitrogens with zero attached hydrogens (tertiary/aromatic N) is 1. The minimum absolute atomic E-state index is 0.0337. The van der Waals surface area contributed by atoms with E-state index in [4.69, 9.17) is 4.74 Å². The molecule has 0 radical (unpaired) electrons. The summed E-state index contributed by atoms with van der Waals surface area (Å²) in [4.78, 5) is 0.325. The van der Waals surface area contributed by atoms with Crippen molar-refractivity contribution in [2.75, 3.05) is 27.2 Å². The van der Waals surface area contributed by atoms with Crippen LogP contribution < -0.4 is 10.1 Å². The van der Waals surface area contributed by atoms with Gasteiger partial charge in [-0.15, -0.1) is 0 Å². The maximum absolute atomic E-state index is 12.6. The molecule has 1 aliphatic heterocycles. The van der Waals surface area contributed by atoms with Gasteiger partial charge >= 0.3 is 0 Å². The number of piperidine rings is 1. The topological polar surface area (TPSA) is 58.6 Å². The molecule has 5 nitrogen and oxygen atoms in total. The lowest BCUT2D eigenvalue weighted by Crippen LogP contribution is -2.51.